The molecular formula is C11H20I2. The standard InChI is InChI=1S/C11H20I2/c1-2-3-4-5-6-7-8-11(13)9-10(11)12/h10H,2-9H2,1H3. The molecule has 0 spiro atoms. The fourth-order valence-corrected chi connectivity index (χ4v) is 4.46. The van der Waals surface area contributed by atoms with Gasteiger partial charge >= 0.3 is 0 Å². The van der Waals surface area contributed by atoms with Gasteiger partial charge in [0, 0.05) is 7.35 Å². The summed E-state index contributed by atoms with van der Waals surface area (Å²) in [6, 6.07) is 0. The maximum atomic E-state index is 2.67. The van der Waals surface area contributed by atoms with E-state index in [0.717, 1.165) is 3.92 Å². The molecule has 0 N–H and O–H groups in total. The summed E-state index contributed by atoms with van der Waals surface area (Å²) in [4.78, 5) is 0. The summed E-state index contributed by atoms with van der Waals surface area (Å²) in [7, 11) is 0. The van der Waals surface area contributed by atoms with Gasteiger partial charge in [0.25, 0.3) is 0 Å². The van der Waals surface area contributed by atoms with Crippen LogP contribution in [0.1, 0.15) is 58.3 Å². The van der Waals surface area contributed by atoms with Crippen LogP contribution in [0.25, 0.3) is 0 Å². The van der Waals surface area contributed by atoms with Crippen LogP contribution in [-0.4, -0.2) is 7.35 Å². The fourth-order valence-electron chi connectivity index (χ4n) is 1.70. The molecular weight excluding hydrogens is 386 g/mol. The predicted molar refractivity (Wildman–Crippen MR) is 77.2 cm³/mol. The molecule has 0 radical (unpaired) electrons. The summed E-state index contributed by atoms with van der Waals surface area (Å²) in [5.74, 6) is 0. The Labute approximate surface area is 110 Å². The third kappa shape index (κ3) is 4.67. The van der Waals surface area contributed by atoms with Gasteiger partial charge in [0.1, 0.15) is 0 Å². The molecule has 1 fully saturated rings. The van der Waals surface area contributed by atoms with Crippen LogP contribution in [0, 0.1) is 0 Å². The van der Waals surface area contributed by atoms with Gasteiger partial charge < -0.3 is 0 Å². The van der Waals surface area contributed by atoms with Crippen molar-refractivity contribution in [3.63, 3.8) is 0 Å². The summed E-state index contributed by atoms with van der Waals surface area (Å²) in [5, 5.41) is 0. The lowest BCUT2D eigenvalue weighted by atomic mass is 10.1. The first-order valence-corrected chi connectivity index (χ1v) is 7.84. The van der Waals surface area contributed by atoms with Gasteiger partial charge in [-0.3, -0.25) is 0 Å². The quantitative estimate of drug-likeness (QED) is 0.313. The summed E-state index contributed by atoms with van der Waals surface area (Å²) < 4.78 is 1.68. The molecule has 0 bridgehead atoms. The van der Waals surface area contributed by atoms with E-state index < -0.39 is 0 Å². The van der Waals surface area contributed by atoms with Gasteiger partial charge in [-0.25, -0.2) is 0 Å². The Morgan fingerprint density at radius 1 is 1.15 bits per heavy atom. The van der Waals surface area contributed by atoms with Crippen LogP contribution in [0.5, 0.6) is 0 Å². The SMILES string of the molecule is CCCCCCCCC1(I)CC1I. The second kappa shape index (κ2) is 6.13. The van der Waals surface area contributed by atoms with Crippen LogP contribution in [0.3, 0.4) is 0 Å². The van der Waals surface area contributed by atoms with Gasteiger partial charge in [0.05, 0.1) is 0 Å². The third-order valence-electron chi connectivity index (χ3n) is 2.87. The van der Waals surface area contributed by atoms with Crippen LogP contribution in [0.2, 0.25) is 0 Å². The van der Waals surface area contributed by atoms with Crippen LogP contribution < -0.4 is 0 Å². The van der Waals surface area contributed by atoms with E-state index in [2.05, 4.69) is 52.1 Å². The molecule has 0 aromatic heterocycles. The van der Waals surface area contributed by atoms with E-state index >= 15 is 0 Å². The lowest BCUT2D eigenvalue weighted by Gasteiger charge is -2.06. The second-order valence-electron chi connectivity index (χ2n) is 4.22. The number of hydrogen-bond donors (Lipinski definition) is 0. The van der Waals surface area contributed by atoms with Crippen molar-refractivity contribution in [2.75, 3.05) is 0 Å². The molecule has 1 aliphatic carbocycles. The molecule has 0 aliphatic heterocycles. The van der Waals surface area contributed by atoms with Crippen molar-refractivity contribution in [3.05, 3.63) is 0 Å². The molecule has 0 aromatic carbocycles. The van der Waals surface area contributed by atoms with Gasteiger partial charge in [-0.1, -0.05) is 90.6 Å². The van der Waals surface area contributed by atoms with Crippen LogP contribution in [-0.2, 0) is 0 Å². The zero-order valence-electron chi connectivity index (χ0n) is 8.49. The minimum absolute atomic E-state index is 0.711. The van der Waals surface area contributed by atoms with Crippen LogP contribution in [0.4, 0.5) is 0 Å². The number of rotatable bonds is 7. The average Bonchev–Trinajstić information content (AvgIpc) is 2.68. The highest BCUT2D eigenvalue weighted by Gasteiger charge is 2.49. The van der Waals surface area contributed by atoms with Gasteiger partial charge in [0.15, 0.2) is 0 Å². The first-order chi connectivity index (χ1) is 6.19. The second-order valence-corrected chi connectivity index (χ2v) is 7.88. The van der Waals surface area contributed by atoms with E-state index in [4.69, 9.17) is 0 Å². The Kier molecular flexibility index (Phi) is 5.91. The molecule has 1 saturated carbocycles. The Bertz CT molecular complexity index is 147. The lowest BCUT2D eigenvalue weighted by molar-refractivity contribution is 0.585. The Balaban J connectivity index is 1.85. The Morgan fingerprint density at radius 3 is 2.23 bits per heavy atom. The monoisotopic (exact) mass is 406 g/mol. The first kappa shape index (κ1) is 12.5. The smallest absolute Gasteiger partial charge is 0.0350 e. The summed E-state index contributed by atoms with van der Waals surface area (Å²) in [6.07, 6.45) is 11.6. The molecule has 0 nitrogen and oxygen atoms in total. The van der Waals surface area contributed by atoms with Crippen LogP contribution in [0.15, 0.2) is 0 Å². The minimum Gasteiger partial charge on any atom is -0.0811 e. The number of hydrogen-bond acceptors (Lipinski definition) is 0. The molecule has 0 saturated heterocycles. The molecule has 2 unspecified atom stereocenters. The van der Waals surface area contributed by atoms with E-state index in [-0.39, 0.29) is 0 Å². The molecule has 13 heavy (non-hydrogen) atoms. The van der Waals surface area contributed by atoms with Crippen molar-refractivity contribution < 1.29 is 0 Å². The maximum absolute atomic E-state index is 2.67. The van der Waals surface area contributed by atoms with E-state index in [0.29, 0.717) is 3.42 Å². The molecule has 0 amide bonds. The Hall–Kier alpha value is 1.46. The molecule has 0 heterocycles. The van der Waals surface area contributed by atoms with Crippen molar-refractivity contribution in [3.8, 4) is 0 Å². The summed E-state index contributed by atoms with van der Waals surface area (Å²) in [5.41, 5.74) is 0. The average molecular weight is 406 g/mol. The number of alkyl halides is 2. The largest absolute Gasteiger partial charge is 0.0811 e. The molecule has 2 atom stereocenters. The highest BCUT2D eigenvalue weighted by atomic mass is 127. The first-order valence-electron chi connectivity index (χ1n) is 5.52. The van der Waals surface area contributed by atoms with Crippen molar-refractivity contribution in [2.45, 2.75) is 65.6 Å². The molecule has 2 heteroatoms. The van der Waals surface area contributed by atoms with E-state index in [1.165, 1.54) is 51.4 Å². The van der Waals surface area contributed by atoms with E-state index in [9.17, 15) is 0 Å². The minimum atomic E-state index is 0.711. The van der Waals surface area contributed by atoms with Gasteiger partial charge in [-0.05, 0) is 12.8 Å². The van der Waals surface area contributed by atoms with Gasteiger partial charge in [-0.15, -0.1) is 0 Å². The third-order valence-corrected chi connectivity index (χ3v) is 7.42. The zero-order valence-corrected chi connectivity index (χ0v) is 12.8. The normalized spacial score (nSPS) is 32.1. The molecule has 1 aliphatic rings. The van der Waals surface area contributed by atoms with Crippen molar-refractivity contribution in [1.82, 2.24) is 0 Å². The topological polar surface area (TPSA) is 0 Å². The highest BCUT2D eigenvalue weighted by molar-refractivity contribution is 14.1. The molecule has 0 aromatic rings. The summed E-state index contributed by atoms with van der Waals surface area (Å²) >= 11 is 5.27. The fraction of sp³-hybridized carbons (Fsp3) is 1.00. The van der Waals surface area contributed by atoms with E-state index in [1.54, 1.807) is 0 Å². The van der Waals surface area contributed by atoms with E-state index in [1.807, 2.05) is 0 Å². The van der Waals surface area contributed by atoms with Crippen LogP contribution >= 0.6 is 45.2 Å². The van der Waals surface area contributed by atoms with Gasteiger partial charge in [-0.2, -0.15) is 0 Å². The highest BCUT2D eigenvalue weighted by Crippen LogP contribution is 2.54. The van der Waals surface area contributed by atoms with Crippen molar-refractivity contribution >= 4 is 45.2 Å². The summed E-state index contributed by atoms with van der Waals surface area (Å²) in [6.45, 7) is 2.28. The molecule has 1 rings (SSSR count). The number of unbranched alkanes of at least 4 members (excludes halogenated alkanes) is 5. The number of halogens is 2. The van der Waals surface area contributed by atoms with Crippen molar-refractivity contribution in [1.29, 1.82) is 0 Å². The lowest BCUT2D eigenvalue weighted by Crippen LogP contribution is -2.00. The zero-order chi connectivity index (χ0) is 9.73. The van der Waals surface area contributed by atoms with Crippen molar-refractivity contribution in [2.24, 2.45) is 0 Å². The molecule has 78 valence electrons. The predicted octanol–water partition coefficient (Wildman–Crippen LogP) is 5.12. The van der Waals surface area contributed by atoms with Gasteiger partial charge in [0.2, 0.25) is 0 Å². The maximum Gasteiger partial charge on any atom is 0.0350 e. The Morgan fingerprint density at radius 2 is 1.69 bits per heavy atom.